The summed E-state index contributed by atoms with van der Waals surface area (Å²) in [6, 6.07) is 21.6. The third kappa shape index (κ3) is 2.57. The molecule has 1 heterocycles. The van der Waals surface area contributed by atoms with Crippen molar-refractivity contribution in [3.63, 3.8) is 0 Å². The maximum Gasteiger partial charge on any atom is 0.0627 e. The summed E-state index contributed by atoms with van der Waals surface area (Å²) in [6.45, 7) is 4.33. The van der Waals surface area contributed by atoms with Crippen molar-refractivity contribution in [1.29, 1.82) is 0 Å². The highest BCUT2D eigenvalue weighted by Crippen LogP contribution is 2.46. The molecule has 2 heteroatoms. The fourth-order valence-corrected chi connectivity index (χ4v) is 4.15. The second-order valence-electron chi connectivity index (χ2n) is 6.59. The maximum absolute atomic E-state index is 10.8. The minimum atomic E-state index is -0.299. The lowest BCUT2D eigenvalue weighted by Gasteiger charge is -2.50. The quantitative estimate of drug-likeness (QED) is 0.903. The number of hydrogen-bond acceptors (Lipinski definition) is 2. The zero-order valence-electron chi connectivity index (χ0n) is 13.6. The average Bonchev–Trinajstić information content (AvgIpc) is 2.55. The summed E-state index contributed by atoms with van der Waals surface area (Å²) in [5.41, 5.74) is 2.56. The summed E-state index contributed by atoms with van der Waals surface area (Å²) in [4.78, 5) is 2.44. The fraction of sp³-hybridized carbons (Fsp3) is 0.400. The zero-order valence-corrected chi connectivity index (χ0v) is 13.6. The first-order valence-corrected chi connectivity index (χ1v) is 8.11. The predicted octanol–water partition coefficient (Wildman–Crippen LogP) is 4.05. The van der Waals surface area contributed by atoms with Crippen molar-refractivity contribution in [2.45, 2.75) is 32.0 Å². The van der Waals surface area contributed by atoms with Crippen LogP contribution in [-0.4, -0.2) is 23.2 Å². The van der Waals surface area contributed by atoms with Crippen LogP contribution in [0.25, 0.3) is 0 Å². The van der Waals surface area contributed by atoms with E-state index in [0.29, 0.717) is 0 Å². The summed E-state index contributed by atoms with van der Waals surface area (Å²) in [5, 5.41) is 10.8. The molecule has 1 fully saturated rings. The Balaban J connectivity index is 2.01. The van der Waals surface area contributed by atoms with Gasteiger partial charge in [-0.25, -0.2) is 0 Å². The van der Waals surface area contributed by atoms with Gasteiger partial charge in [0.2, 0.25) is 0 Å². The second-order valence-corrected chi connectivity index (χ2v) is 6.59. The van der Waals surface area contributed by atoms with Crippen molar-refractivity contribution in [2.75, 3.05) is 7.05 Å². The molecular formula is C20H25NO. The molecule has 4 atom stereocenters. The molecular weight excluding hydrogens is 270 g/mol. The Kier molecular flexibility index (Phi) is 4.32. The summed E-state index contributed by atoms with van der Waals surface area (Å²) in [5.74, 6) is 0.421. The monoisotopic (exact) mass is 295 g/mol. The maximum atomic E-state index is 10.8. The minimum Gasteiger partial charge on any atom is -0.392 e. The lowest BCUT2D eigenvalue weighted by Crippen LogP contribution is -2.49. The predicted molar refractivity (Wildman–Crippen MR) is 90.5 cm³/mol. The van der Waals surface area contributed by atoms with Gasteiger partial charge in [-0.1, -0.05) is 74.5 Å². The lowest BCUT2D eigenvalue weighted by atomic mass is 9.74. The van der Waals surface area contributed by atoms with Crippen molar-refractivity contribution in [3.05, 3.63) is 71.8 Å². The molecule has 0 aromatic heterocycles. The molecule has 0 radical (unpaired) electrons. The van der Waals surface area contributed by atoms with Crippen LogP contribution < -0.4 is 0 Å². The van der Waals surface area contributed by atoms with E-state index >= 15 is 0 Å². The lowest BCUT2D eigenvalue weighted by molar-refractivity contribution is -0.0748. The van der Waals surface area contributed by atoms with E-state index in [0.717, 1.165) is 0 Å². The van der Waals surface area contributed by atoms with Gasteiger partial charge in [-0.15, -0.1) is 0 Å². The molecule has 0 saturated carbocycles. The molecule has 3 rings (SSSR count). The van der Waals surface area contributed by atoms with E-state index in [9.17, 15) is 5.11 Å². The van der Waals surface area contributed by atoms with Gasteiger partial charge in [-0.05, 0) is 18.2 Å². The van der Waals surface area contributed by atoms with Crippen LogP contribution in [0, 0.1) is 11.8 Å². The summed E-state index contributed by atoms with van der Waals surface area (Å²) >= 11 is 0. The van der Waals surface area contributed by atoms with Crippen molar-refractivity contribution in [3.8, 4) is 0 Å². The first-order valence-electron chi connectivity index (χ1n) is 8.11. The molecule has 0 amide bonds. The number of rotatable bonds is 2. The highest BCUT2D eigenvalue weighted by Gasteiger charge is 2.44. The molecule has 0 bridgehead atoms. The van der Waals surface area contributed by atoms with E-state index in [1.54, 1.807) is 0 Å². The van der Waals surface area contributed by atoms with Gasteiger partial charge in [-0.3, -0.25) is 4.90 Å². The van der Waals surface area contributed by atoms with Crippen LogP contribution in [0.3, 0.4) is 0 Å². The molecule has 0 aliphatic carbocycles. The van der Waals surface area contributed by atoms with Crippen LogP contribution in [0.15, 0.2) is 60.7 Å². The first kappa shape index (κ1) is 15.3. The Morgan fingerprint density at radius 2 is 1.09 bits per heavy atom. The molecule has 2 nitrogen and oxygen atoms in total. The van der Waals surface area contributed by atoms with Crippen molar-refractivity contribution in [2.24, 2.45) is 11.8 Å². The minimum absolute atomic E-state index is 0.211. The summed E-state index contributed by atoms with van der Waals surface area (Å²) in [7, 11) is 2.19. The van der Waals surface area contributed by atoms with Crippen LogP contribution in [0.2, 0.25) is 0 Å². The normalized spacial score (nSPS) is 32.8. The van der Waals surface area contributed by atoms with Crippen LogP contribution in [0.5, 0.6) is 0 Å². The molecule has 2 aromatic rings. The SMILES string of the molecule is C[C@H]1C(O)[C@H](C)[C@H](c2ccccc2)N(C)[C@H]1c1ccccc1. The van der Waals surface area contributed by atoms with Crippen molar-refractivity contribution >= 4 is 0 Å². The van der Waals surface area contributed by atoms with E-state index in [1.165, 1.54) is 11.1 Å². The number of nitrogens with zero attached hydrogens (tertiary/aromatic N) is 1. The van der Waals surface area contributed by atoms with E-state index in [4.69, 9.17) is 0 Å². The summed E-state index contributed by atoms with van der Waals surface area (Å²) in [6.07, 6.45) is -0.299. The van der Waals surface area contributed by atoms with Gasteiger partial charge in [0.25, 0.3) is 0 Å². The highest BCUT2D eigenvalue weighted by atomic mass is 16.3. The van der Waals surface area contributed by atoms with Gasteiger partial charge in [0.1, 0.15) is 0 Å². The number of hydrogen-bond donors (Lipinski definition) is 1. The number of likely N-dealkylation sites (tertiary alicyclic amines) is 1. The molecule has 1 aliphatic rings. The Bertz CT molecular complexity index is 544. The van der Waals surface area contributed by atoms with Gasteiger partial charge in [-0.2, -0.15) is 0 Å². The molecule has 0 unspecified atom stereocenters. The molecule has 116 valence electrons. The molecule has 2 aromatic carbocycles. The van der Waals surface area contributed by atoms with Gasteiger partial charge in [0, 0.05) is 23.9 Å². The van der Waals surface area contributed by atoms with Crippen LogP contribution in [0.4, 0.5) is 0 Å². The Morgan fingerprint density at radius 3 is 1.45 bits per heavy atom. The molecule has 1 saturated heterocycles. The number of benzene rings is 2. The smallest absolute Gasteiger partial charge is 0.0627 e. The third-order valence-corrected chi connectivity index (χ3v) is 5.23. The third-order valence-electron chi connectivity index (χ3n) is 5.23. The van der Waals surface area contributed by atoms with Crippen LogP contribution in [-0.2, 0) is 0 Å². The van der Waals surface area contributed by atoms with Gasteiger partial charge < -0.3 is 5.11 Å². The average molecular weight is 295 g/mol. The number of aliphatic hydroxyl groups is 1. The largest absolute Gasteiger partial charge is 0.392 e. The van der Waals surface area contributed by atoms with E-state index in [-0.39, 0.29) is 30.0 Å². The van der Waals surface area contributed by atoms with E-state index in [2.05, 4.69) is 74.3 Å². The Hall–Kier alpha value is -1.64. The standard InChI is InChI=1S/C20H25NO/c1-14-18(16-10-6-4-7-11-16)21(3)19(15(2)20(14)22)17-12-8-5-9-13-17/h4-15,18-20,22H,1-3H3/t14-,15-,18-,19-/m1/s1. The fourth-order valence-electron chi connectivity index (χ4n) is 4.15. The van der Waals surface area contributed by atoms with Crippen LogP contribution in [0.1, 0.15) is 37.1 Å². The van der Waals surface area contributed by atoms with E-state index in [1.807, 2.05) is 12.1 Å². The van der Waals surface area contributed by atoms with Gasteiger partial charge in [0.05, 0.1) is 6.10 Å². The Labute approximate surface area is 133 Å². The molecule has 1 N–H and O–H groups in total. The van der Waals surface area contributed by atoms with Crippen molar-refractivity contribution in [1.82, 2.24) is 4.90 Å². The molecule has 1 aliphatic heterocycles. The summed E-state index contributed by atoms with van der Waals surface area (Å²) < 4.78 is 0. The molecule has 22 heavy (non-hydrogen) atoms. The topological polar surface area (TPSA) is 23.5 Å². The van der Waals surface area contributed by atoms with E-state index < -0.39 is 0 Å². The Morgan fingerprint density at radius 1 is 0.727 bits per heavy atom. The second kappa shape index (κ2) is 6.23. The number of aliphatic hydroxyl groups excluding tert-OH is 1. The zero-order chi connectivity index (χ0) is 15.7. The van der Waals surface area contributed by atoms with Crippen molar-refractivity contribution < 1.29 is 5.11 Å². The van der Waals surface area contributed by atoms with Crippen LogP contribution >= 0.6 is 0 Å². The highest BCUT2D eigenvalue weighted by molar-refractivity contribution is 5.26. The molecule has 0 spiro atoms. The first-order chi connectivity index (χ1) is 10.6. The van der Waals surface area contributed by atoms with Gasteiger partial charge in [0.15, 0.2) is 0 Å². The van der Waals surface area contributed by atoms with Gasteiger partial charge >= 0.3 is 0 Å². The number of piperidine rings is 1.